The number of nitrogens with zero attached hydrogens (tertiary/aromatic N) is 1. The molecule has 0 fully saturated rings. The van der Waals surface area contributed by atoms with Gasteiger partial charge < -0.3 is 15.2 Å². The van der Waals surface area contributed by atoms with Crippen molar-refractivity contribution < 1.29 is 28.8 Å². The zero-order chi connectivity index (χ0) is 17.8. The van der Waals surface area contributed by atoms with Crippen LogP contribution in [0.3, 0.4) is 0 Å². The van der Waals surface area contributed by atoms with E-state index in [9.17, 15) is 9.90 Å². The van der Waals surface area contributed by atoms with Gasteiger partial charge >= 0.3 is 18.9 Å². The van der Waals surface area contributed by atoms with Gasteiger partial charge in [0.1, 0.15) is 0 Å². The van der Waals surface area contributed by atoms with Crippen LogP contribution in [-0.4, -0.2) is 36.5 Å². The minimum absolute atomic E-state index is 0. The molecule has 0 aliphatic carbocycles. The normalized spacial score (nSPS) is 17.8. The molecule has 0 saturated carbocycles. The minimum Gasteiger partial charge on any atom is -0.548 e. The molecule has 26 heavy (non-hydrogen) atoms. The number of benzene rings is 2. The summed E-state index contributed by atoms with van der Waals surface area (Å²) in [5.74, 6) is -1.08. The van der Waals surface area contributed by atoms with Crippen molar-refractivity contribution in [1.82, 2.24) is 10.2 Å². The fourth-order valence-electron chi connectivity index (χ4n) is 3.32. The summed E-state index contributed by atoms with van der Waals surface area (Å²) in [6.07, 6.45) is 1.30. The Kier molecular flexibility index (Phi) is 7.76. The summed E-state index contributed by atoms with van der Waals surface area (Å²) in [7, 11) is 2.08. The second-order valence-corrected chi connectivity index (χ2v) is 7.09. The number of rotatable bonds is 6. The molecule has 2 aromatic carbocycles. The van der Waals surface area contributed by atoms with Crippen molar-refractivity contribution in [1.29, 1.82) is 0 Å². The van der Waals surface area contributed by atoms with Crippen LogP contribution >= 0.6 is 11.6 Å². The van der Waals surface area contributed by atoms with Crippen molar-refractivity contribution in [3.8, 4) is 0 Å². The van der Waals surface area contributed by atoms with Crippen molar-refractivity contribution in [3.05, 3.63) is 70.2 Å². The second-order valence-electron chi connectivity index (χ2n) is 6.65. The Balaban J connectivity index is 0.00000243. The first-order valence-electron chi connectivity index (χ1n) is 8.48. The van der Waals surface area contributed by atoms with Gasteiger partial charge in [0.2, 0.25) is 0 Å². The van der Waals surface area contributed by atoms with Gasteiger partial charge in [-0.15, -0.1) is 0 Å². The van der Waals surface area contributed by atoms with E-state index in [1.165, 1.54) is 11.1 Å². The van der Waals surface area contributed by atoms with Gasteiger partial charge in [-0.2, -0.15) is 0 Å². The molecule has 0 bridgehead atoms. The Morgan fingerprint density at radius 2 is 1.88 bits per heavy atom. The molecule has 132 valence electrons. The van der Waals surface area contributed by atoms with E-state index in [0.717, 1.165) is 18.5 Å². The van der Waals surface area contributed by atoms with Gasteiger partial charge in [-0.25, -0.2) is 0 Å². The molecule has 3 rings (SSSR count). The number of carboxylic acid groups (broad SMARTS) is 1. The topological polar surface area (TPSA) is 55.4 Å². The van der Waals surface area contributed by atoms with Crippen LogP contribution in [0.1, 0.15) is 16.7 Å². The van der Waals surface area contributed by atoms with Crippen LogP contribution in [0, 0.1) is 0 Å². The number of aliphatic carboxylic acids is 1. The van der Waals surface area contributed by atoms with E-state index in [0.29, 0.717) is 18.0 Å². The van der Waals surface area contributed by atoms with Crippen molar-refractivity contribution in [2.75, 3.05) is 13.6 Å². The molecule has 6 heteroatoms. The summed E-state index contributed by atoms with van der Waals surface area (Å²) in [6, 6.07) is 15.2. The van der Waals surface area contributed by atoms with Gasteiger partial charge in [-0.3, -0.25) is 4.90 Å². The molecule has 1 aliphatic rings. The standard InChI is InChI=1S/C20H23ClN2O2.Li/c1-23-13-16-5-3-2-4-15(16)11-18(23)12-22-19(20(24)25)10-14-6-8-17(21)9-7-14;/h2-9,18-19,22H,10-13H2,1H3,(H,24,25);/q;+1/p-1/t18-,19+;/m0./s1. The quantitative estimate of drug-likeness (QED) is 0.644. The Morgan fingerprint density at radius 3 is 2.54 bits per heavy atom. The average molecular weight is 365 g/mol. The molecule has 4 nitrogen and oxygen atoms in total. The maximum atomic E-state index is 11.5. The van der Waals surface area contributed by atoms with Gasteiger partial charge in [0.25, 0.3) is 0 Å². The molecule has 2 atom stereocenters. The first-order valence-corrected chi connectivity index (χ1v) is 8.86. The second kappa shape index (κ2) is 9.59. The maximum absolute atomic E-state index is 11.5. The maximum Gasteiger partial charge on any atom is 1.00 e. The van der Waals surface area contributed by atoms with Crippen molar-refractivity contribution in [3.63, 3.8) is 0 Å². The summed E-state index contributed by atoms with van der Waals surface area (Å²) in [6.45, 7) is 1.49. The number of carbonyl (C=O) groups is 1. The van der Waals surface area contributed by atoms with E-state index >= 15 is 0 Å². The molecule has 1 heterocycles. The van der Waals surface area contributed by atoms with Crippen molar-refractivity contribution in [2.45, 2.75) is 31.5 Å². The van der Waals surface area contributed by atoms with Crippen LogP contribution in [0.5, 0.6) is 0 Å². The minimum atomic E-state index is -1.08. The molecule has 0 radical (unpaired) electrons. The molecular weight excluding hydrogens is 343 g/mol. The van der Waals surface area contributed by atoms with E-state index in [4.69, 9.17) is 11.6 Å². The molecule has 0 spiro atoms. The number of halogens is 1. The van der Waals surface area contributed by atoms with Gasteiger partial charge in [-0.1, -0.05) is 48.0 Å². The molecular formula is C20H22ClLiN2O2. The van der Waals surface area contributed by atoms with Crippen molar-refractivity contribution in [2.24, 2.45) is 0 Å². The number of carbonyl (C=O) groups excluding carboxylic acids is 1. The Labute approximate surface area is 171 Å². The summed E-state index contributed by atoms with van der Waals surface area (Å²) >= 11 is 5.88. The van der Waals surface area contributed by atoms with E-state index in [1.807, 2.05) is 12.1 Å². The fourth-order valence-corrected chi connectivity index (χ4v) is 3.45. The smallest absolute Gasteiger partial charge is 0.548 e. The zero-order valence-electron chi connectivity index (χ0n) is 15.2. The first-order chi connectivity index (χ1) is 12.0. The van der Waals surface area contributed by atoms with Crippen LogP contribution in [0.2, 0.25) is 5.02 Å². The van der Waals surface area contributed by atoms with E-state index in [-0.39, 0.29) is 24.9 Å². The largest absolute Gasteiger partial charge is 1.00 e. The monoisotopic (exact) mass is 364 g/mol. The molecule has 2 aromatic rings. The van der Waals surface area contributed by atoms with E-state index in [1.54, 1.807) is 12.1 Å². The van der Waals surface area contributed by atoms with Crippen LogP contribution in [0.15, 0.2) is 48.5 Å². The van der Waals surface area contributed by atoms with Crippen LogP contribution < -0.4 is 29.3 Å². The van der Waals surface area contributed by atoms with Crippen LogP contribution in [0.4, 0.5) is 0 Å². The molecule has 0 saturated heterocycles. The Bertz CT molecular complexity index is 739. The van der Waals surface area contributed by atoms with Gasteiger partial charge in [0.05, 0.1) is 12.0 Å². The average Bonchev–Trinajstić information content (AvgIpc) is 2.60. The molecule has 0 amide bonds. The molecule has 1 aliphatic heterocycles. The summed E-state index contributed by atoms with van der Waals surface area (Å²) in [5, 5.41) is 15.3. The number of hydrogen-bond donors (Lipinski definition) is 1. The number of hydrogen-bond acceptors (Lipinski definition) is 4. The predicted octanol–water partition coefficient (Wildman–Crippen LogP) is -1.35. The molecule has 1 N–H and O–H groups in total. The zero-order valence-corrected chi connectivity index (χ0v) is 16.0. The third-order valence-electron chi connectivity index (χ3n) is 4.85. The summed E-state index contributed by atoms with van der Waals surface area (Å²) < 4.78 is 0. The number of nitrogens with one attached hydrogen (secondary N) is 1. The predicted molar refractivity (Wildman–Crippen MR) is 97.4 cm³/mol. The number of carboxylic acids is 1. The Morgan fingerprint density at radius 1 is 1.23 bits per heavy atom. The third kappa shape index (κ3) is 5.36. The van der Waals surface area contributed by atoms with E-state index in [2.05, 4.69) is 41.5 Å². The van der Waals surface area contributed by atoms with Crippen LogP contribution in [-0.2, 0) is 24.2 Å². The molecule has 0 aromatic heterocycles. The fraction of sp³-hybridized carbons (Fsp3) is 0.350. The number of likely N-dealkylation sites (N-methyl/N-ethyl adjacent to an activating group) is 1. The third-order valence-corrected chi connectivity index (χ3v) is 5.11. The van der Waals surface area contributed by atoms with Crippen LogP contribution in [0.25, 0.3) is 0 Å². The van der Waals surface area contributed by atoms with Gasteiger partial charge in [-0.05, 0) is 48.7 Å². The van der Waals surface area contributed by atoms with Gasteiger partial charge in [0.15, 0.2) is 0 Å². The SMILES string of the molecule is CN1Cc2ccccc2C[C@H]1CN[C@H](Cc1ccc(Cl)cc1)C(=O)[O-].[Li+]. The summed E-state index contributed by atoms with van der Waals surface area (Å²) in [5.41, 5.74) is 3.61. The van der Waals surface area contributed by atoms with Crippen molar-refractivity contribution >= 4 is 17.6 Å². The van der Waals surface area contributed by atoms with E-state index < -0.39 is 12.0 Å². The number of fused-ring (bicyclic) bond motifs is 1. The Hall–Kier alpha value is -1.28. The molecule has 0 unspecified atom stereocenters. The van der Waals surface area contributed by atoms with Gasteiger partial charge in [0, 0.05) is 24.2 Å². The summed E-state index contributed by atoms with van der Waals surface area (Å²) in [4.78, 5) is 13.8. The first kappa shape index (κ1) is 21.0.